The average molecular weight is 563 g/mol. The molecule has 4 atom stereocenters. The van der Waals surface area contributed by atoms with Crippen molar-refractivity contribution in [2.24, 2.45) is 16.3 Å². The SMILES string of the molecule is CCOC(=O)[C@@]1(C(F)(F)F)[C@H]2C(c3ccccc3)=N[C@](C(=O)OCC)(C(F)(F)F)N(c3ccc(Cl)cc3)[C@H]21. The Bertz CT molecular complexity index is 1250. The number of carbonyl (C=O) groups is 2. The van der Waals surface area contributed by atoms with Crippen molar-refractivity contribution in [2.45, 2.75) is 37.9 Å². The van der Waals surface area contributed by atoms with Gasteiger partial charge in [0, 0.05) is 10.7 Å². The van der Waals surface area contributed by atoms with E-state index >= 15 is 13.2 Å². The van der Waals surface area contributed by atoms with Crippen molar-refractivity contribution in [3.63, 3.8) is 0 Å². The third kappa shape index (κ3) is 3.91. The van der Waals surface area contributed by atoms with E-state index < -0.39 is 71.9 Å². The lowest BCUT2D eigenvalue weighted by molar-refractivity contribution is -0.215. The summed E-state index contributed by atoms with van der Waals surface area (Å²) in [5, 5.41) is 0.0767. The van der Waals surface area contributed by atoms with E-state index in [0.717, 1.165) is 24.3 Å². The van der Waals surface area contributed by atoms with Crippen LogP contribution in [-0.4, -0.2) is 54.9 Å². The third-order valence-corrected chi connectivity index (χ3v) is 6.83. The number of benzene rings is 2. The van der Waals surface area contributed by atoms with Crippen LogP contribution in [0.5, 0.6) is 0 Å². The maximum atomic E-state index is 15.1. The Morgan fingerprint density at radius 1 is 0.895 bits per heavy atom. The van der Waals surface area contributed by atoms with Crippen LogP contribution in [0.15, 0.2) is 59.6 Å². The van der Waals surface area contributed by atoms with Crippen molar-refractivity contribution in [1.82, 2.24) is 0 Å². The van der Waals surface area contributed by atoms with Crippen molar-refractivity contribution < 1.29 is 45.4 Å². The zero-order valence-corrected chi connectivity index (χ0v) is 20.7. The van der Waals surface area contributed by atoms with E-state index in [1.165, 1.54) is 44.2 Å². The number of rotatable bonds is 6. The third-order valence-electron chi connectivity index (χ3n) is 6.58. The van der Waals surface area contributed by atoms with E-state index in [0.29, 0.717) is 0 Å². The minimum absolute atomic E-state index is 0.0767. The quantitative estimate of drug-likeness (QED) is 0.340. The van der Waals surface area contributed by atoms with E-state index in [1.807, 2.05) is 0 Å². The summed E-state index contributed by atoms with van der Waals surface area (Å²) in [5.41, 5.74) is -8.72. The first kappa shape index (κ1) is 27.7. The molecule has 0 spiro atoms. The van der Waals surface area contributed by atoms with E-state index in [4.69, 9.17) is 21.1 Å². The Labute approximate surface area is 218 Å². The van der Waals surface area contributed by atoms with E-state index in [1.54, 1.807) is 0 Å². The largest absolute Gasteiger partial charge is 0.465 e. The van der Waals surface area contributed by atoms with Gasteiger partial charge in [-0.05, 0) is 43.7 Å². The number of aliphatic imine (C=N–C) groups is 1. The Balaban J connectivity index is 2.14. The van der Waals surface area contributed by atoms with Crippen LogP contribution in [0.2, 0.25) is 5.02 Å². The highest BCUT2D eigenvalue weighted by atomic mass is 35.5. The van der Waals surface area contributed by atoms with Crippen LogP contribution in [0.3, 0.4) is 0 Å². The number of anilines is 1. The monoisotopic (exact) mass is 562 g/mol. The van der Waals surface area contributed by atoms with E-state index in [2.05, 4.69) is 4.99 Å². The van der Waals surface area contributed by atoms with Crippen molar-refractivity contribution in [1.29, 1.82) is 0 Å². The van der Waals surface area contributed by atoms with Crippen LogP contribution in [0, 0.1) is 11.3 Å². The predicted molar refractivity (Wildman–Crippen MR) is 125 cm³/mol. The fourth-order valence-corrected chi connectivity index (χ4v) is 5.16. The molecule has 0 radical (unpaired) electrons. The number of hydrogen-bond donors (Lipinski definition) is 0. The highest BCUT2D eigenvalue weighted by Gasteiger charge is 2.91. The van der Waals surface area contributed by atoms with Gasteiger partial charge in [-0.25, -0.2) is 9.79 Å². The summed E-state index contributed by atoms with van der Waals surface area (Å²) in [5.74, 6) is -5.64. The Kier molecular flexibility index (Phi) is 6.92. The number of nitrogens with zero attached hydrogens (tertiary/aromatic N) is 2. The van der Waals surface area contributed by atoms with Gasteiger partial charge in [0.2, 0.25) is 0 Å². The zero-order valence-electron chi connectivity index (χ0n) is 19.9. The molecule has 1 heterocycles. The van der Waals surface area contributed by atoms with Crippen molar-refractivity contribution in [2.75, 3.05) is 18.1 Å². The minimum Gasteiger partial charge on any atom is -0.465 e. The highest BCUT2D eigenvalue weighted by Crippen LogP contribution is 2.70. The first-order chi connectivity index (χ1) is 17.8. The predicted octanol–water partition coefficient (Wildman–Crippen LogP) is 5.58. The Morgan fingerprint density at radius 2 is 1.45 bits per heavy atom. The lowest BCUT2D eigenvalue weighted by Crippen LogP contribution is -2.67. The normalized spacial score (nSPS) is 26.8. The van der Waals surface area contributed by atoms with E-state index in [9.17, 15) is 22.8 Å². The molecule has 2 aromatic carbocycles. The molecule has 204 valence electrons. The van der Waals surface area contributed by atoms with Crippen molar-refractivity contribution in [3.8, 4) is 0 Å². The summed E-state index contributed by atoms with van der Waals surface area (Å²) < 4.78 is 99.5. The molecule has 0 unspecified atom stereocenters. The average Bonchev–Trinajstić information content (AvgIpc) is 3.55. The summed E-state index contributed by atoms with van der Waals surface area (Å²) in [6.07, 6.45) is -11.0. The molecule has 1 saturated carbocycles. The van der Waals surface area contributed by atoms with Crippen molar-refractivity contribution >= 4 is 34.9 Å². The molecule has 0 amide bonds. The van der Waals surface area contributed by atoms with Gasteiger partial charge in [-0.15, -0.1) is 0 Å². The number of fused-ring (bicyclic) bond motifs is 1. The van der Waals surface area contributed by atoms with E-state index in [-0.39, 0.29) is 15.5 Å². The molecular weight excluding hydrogens is 542 g/mol. The maximum absolute atomic E-state index is 15.1. The molecule has 2 aromatic rings. The van der Waals surface area contributed by atoms with Gasteiger partial charge < -0.3 is 14.4 Å². The molecule has 1 aliphatic heterocycles. The van der Waals surface area contributed by atoms with Gasteiger partial charge >= 0.3 is 30.0 Å². The molecule has 0 bridgehead atoms. The maximum Gasteiger partial charge on any atom is 0.444 e. The second-order valence-corrected chi connectivity index (χ2v) is 9.05. The standard InChI is InChI=1S/C25H21ClF6N2O4/c1-3-37-20(35)22(24(27,28)29)17-18(14-8-6-5-7-9-14)33-23(25(30,31)32,21(36)38-4-2)34(19(17)22)16-12-10-15(26)11-13-16/h5-13,17,19H,3-4H2,1-2H3/t17-,19+,22+,23-/m0/s1. The lowest BCUT2D eigenvalue weighted by atomic mass is 9.95. The minimum atomic E-state index is -5.58. The van der Waals surface area contributed by atoms with Crippen LogP contribution >= 0.6 is 11.6 Å². The molecule has 0 aromatic heterocycles. The van der Waals surface area contributed by atoms with Gasteiger partial charge in [-0.2, -0.15) is 26.3 Å². The van der Waals surface area contributed by atoms with Crippen LogP contribution in [0.4, 0.5) is 32.0 Å². The molecule has 6 nitrogen and oxygen atoms in total. The number of ether oxygens (including phenoxy) is 2. The number of alkyl halides is 6. The fraction of sp³-hybridized carbons (Fsp3) is 0.400. The summed E-state index contributed by atoms with van der Waals surface area (Å²) in [6, 6.07) is 8.88. The first-order valence-electron chi connectivity index (χ1n) is 11.5. The molecule has 13 heteroatoms. The Morgan fingerprint density at radius 3 is 1.95 bits per heavy atom. The van der Waals surface area contributed by atoms with Gasteiger partial charge in [0.15, 0.2) is 5.41 Å². The number of esters is 2. The molecule has 38 heavy (non-hydrogen) atoms. The van der Waals surface area contributed by atoms with Gasteiger partial charge in [-0.1, -0.05) is 41.9 Å². The van der Waals surface area contributed by atoms with Gasteiger partial charge in [-0.3, -0.25) is 4.79 Å². The summed E-state index contributed by atoms with van der Waals surface area (Å²) in [6.45, 7) is 1.54. The summed E-state index contributed by atoms with van der Waals surface area (Å²) >= 11 is 5.88. The van der Waals surface area contributed by atoms with Crippen molar-refractivity contribution in [3.05, 3.63) is 65.2 Å². The highest BCUT2D eigenvalue weighted by molar-refractivity contribution is 6.30. The second kappa shape index (κ2) is 9.48. The van der Waals surface area contributed by atoms with Crippen LogP contribution in [-0.2, 0) is 19.1 Å². The Hall–Kier alpha value is -3.28. The molecule has 1 aliphatic carbocycles. The smallest absolute Gasteiger partial charge is 0.444 e. The summed E-state index contributed by atoms with van der Waals surface area (Å²) in [4.78, 5) is 30.2. The lowest BCUT2D eigenvalue weighted by Gasteiger charge is -2.44. The van der Waals surface area contributed by atoms with Crippen LogP contribution in [0.25, 0.3) is 0 Å². The second-order valence-electron chi connectivity index (χ2n) is 8.61. The molecular formula is C25H21ClF6N2O4. The van der Waals surface area contributed by atoms with Gasteiger partial charge in [0.1, 0.15) is 0 Å². The fourth-order valence-electron chi connectivity index (χ4n) is 5.04. The zero-order chi connectivity index (χ0) is 28.1. The number of halogens is 7. The summed E-state index contributed by atoms with van der Waals surface area (Å²) in [7, 11) is 0. The first-order valence-corrected chi connectivity index (χ1v) is 11.8. The van der Waals surface area contributed by atoms with Crippen LogP contribution < -0.4 is 4.90 Å². The van der Waals surface area contributed by atoms with Crippen LogP contribution in [0.1, 0.15) is 19.4 Å². The van der Waals surface area contributed by atoms with Gasteiger partial charge in [0.05, 0.1) is 30.9 Å². The number of carbonyl (C=O) groups excluding carboxylic acids is 2. The molecule has 4 rings (SSSR count). The number of hydrogen-bond acceptors (Lipinski definition) is 6. The topological polar surface area (TPSA) is 68.2 Å². The molecule has 1 fully saturated rings. The molecule has 2 aliphatic rings. The molecule has 0 saturated heterocycles. The molecule has 0 N–H and O–H groups in total. The van der Waals surface area contributed by atoms with Gasteiger partial charge in [0.25, 0.3) is 0 Å².